The van der Waals surface area contributed by atoms with Crippen LogP contribution in [0.4, 0.5) is 0 Å². The number of hydrogen-bond donors (Lipinski definition) is 1. The van der Waals surface area contributed by atoms with Crippen molar-refractivity contribution in [3.05, 3.63) is 53.5 Å². The van der Waals surface area contributed by atoms with E-state index >= 15 is 0 Å². The second-order valence-electron chi connectivity index (χ2n) is 5.93. The molecule has 0 radical (unpaired) electrons. The van der Waals surface area contributed by atoms with Crippen molar-refractivity contribution < 1.29 is 19.1 Å². The zero-order valence-corrected chi connectivity index (χ0v) is 14.8. The maximum Gasteiger partial charge on any atom is 0.339 e. The lowest BCUT2D eigenvalue weighted by Crippen LogP contribution is -2.30. The number of benzene rings is 1. The Morgan fingerprint density at radius 3 is 2.58 bits per heavy atom. The number of carboxylic acids is 1. The molecule has 0 aliphatic heterocycles. The van der Waals surface area contributed by atoms with Gasteiger partial charge in [-0.05, 0) is 24.1 Å². The molecule has 1 aromatic heterocycles. The molecule has 0 saturated carbocycles. The lowest BCUT2D eigenvalue weighted by molar-refractivity contribution is 0.0694. The summed E-state index contributed by atoms with van der Waals surface area (Å²) in [6, 6.07) is 8.79. The fourth-order valence-corrected chi connectivity index (χ4v) is 3.39. The van der Waals surface area contributed by atoms with Crippen LogP contribution in [0.1, 0.15) is 40.3 Å². The Hall–Kier alpha value is -2.21. The molecule has 0 bridgehead atoms. The van der Waals surface area contributed by atoms with Gasteiger partial charge in [-0.1, -0.05) is 26.0 Å². The molecule has 1 N–H and O–H groups in total. The molecule has 2 rings (SSSR count). The largest absolute Gasteiger partial charge is 0.478 e. The second-order valence-corrected chi connectivity index (χ2v) is 6.94. The van der Waals surface area contributed by atoms with Crippen molar-refractivity contribution in [2.75, 3.05) is 13.6 Å². The first-order chi connectivity index (χ1) is 11.4. The van der Waals surface area contributed by atoms with Gasteiger partial charge in [-0.15, -0.1) is 11.8 Å². The zero-order valence-electron chi connectivity index (χ0n) is 14.0. The van der Waals surface area contributed by atoms with Gasteiger partial charge in [0.15, 0.2) is 0 Å². The lowest BCUT2D eigenvalue weighted by Gasteiger charge is -2.20. The molecule has 1 aromatic carbocycles. The Labute approximate surface area is 145 Å². The van der Waals surface area contributed by atoms with Gasteiger partial charge >= 0.3 is 5.97 Å². The van der Waals surface area contributed by atoms with E-state index in [1.165, 1.54) is 24.1 Å². The number of carbonyl (C=O) groups is 2. The average Bonchev–Trinajstić information content (AvgIpc) is 3.00. The highest BCUT2D eigenvalue weighted by Crippen LogP contribution is 2.28. The van der Waals surface area contributed by atoms with E-state index in [1.807, 2.05) is 18.2 Å². The number of aromatic carboxylic acids is 1. The number of carboxylic acid groups (broad SMARTS) is 1. The number of hydrogen-bond acceptors (Lipinski definition) is 4. The van der Waals surface area contributed by atoms with Crippen LogP contribution in [0.3, 0.4) is 0 Å². The molecule has 0 atom stereocenters. The van der Waals surface area contributed by atoms with Gasteiger partial charge in [-0.25, -0.2) is 4.79 Å². The second kappa shape index (κ2) is 8.06. The normalized spacial score (nSPS) is 10.8. The number of amides is 1. The van der Waals surface area contributed by atoms with Crippen molar-refractivity contribution in [1.29, 1.82) is 0 Å². The third-order valence-electron chi connectivity index (χ3n) is 3.44. The van der Waals surface area contributed by atoms with Crippen LogP contribution in [0.15, 0.2) is 45.9 Å². The maximum absolute atomic E-state index is 12.6. The smallest absolute Gasteiger partial charge is 0.339 e. The van der Waals surface area contributed by atoms with Crippen molar-refractivity contribution >= 4 is 23.6 Å². The van der Waals surface area contributed by atoms with E-state index in [2.05, 4.69) is 13.8 Å². The minimum atomic E-state index is -1.01. The van der Waals surface area contributed by atoms with Gasteiger partial charge in [0.2, 0.25) is 0 Å². The highest BCUT2D eigenvalue weighted by Gasteiger charge is 2.18. The molecule has 24 heavy (non-hydrogen) atoms. The summed E-state index contributed by atoms with van der Waals surface area (Å²) in [4.78, 5) is 26.3. The van der Waals surface area contributed by atoms with Gasteiger partial charge in [-0.3, -0.25) is 4.79 Å². The predicted molar refractivity (Wildman–Crippen MR) is 93.5 cm³/mol. The monoisotopic (exact) mass is 347 g/mol. The van der Waals surface area contributed by atoms with E-state index in [-0.39, 0.29) is 11.5 Å². The molecular weight excluding hydrogens is 326 g/mol. The molecule has 5 nitrogen and oxygen atoms in total. The quantitative estimate of drug-likeness (QED) is 0.767. The number of thioether (sulfide) groups is 1. The van der Waals surface area contributed by atoms with Crippen LogP contribution in [0.25, 0.3) is 0 Å². The van der Waals surface area contributed by atoms with Crippen molar-refractivity contribution in [1.82, 2.24) is 4.90 Å². The summed E-state index contributed by atoms with van der Waals surface area (Å²) in [6.07, 6.45) is 1.37. The summed E-state index contributed by atoms with van der Waals surface area (Å²) in [5.41, 5.74) is 0.775. The highest BCUT2D eigenvalue weighted by molar-refractivity contribution is 7.98. The van der Waals surface area contributed by atoms with Crippen molar-refractivity contribution in [2.45, 2.75) is 24.5 Å². The molecule has 1 amide bonds. The predicted octanol–water partition coefficient (Wildman–Crippen LogP) is 4.00. The molecule has 0 fully saturated rings. The Morgan fingerprint density at radius 1 is 1.21 bits per heavy atom. The van der Waals surface area contributed by atoms with Crippen LogP contribution in [0.2, 0.25) is 0 Å². The molecule has 0 aliphatic rings. The topological polar surface area (TPSA) is 70.8 Å². The first-order valence-electron chi connectivity index (χ1n) is 7.67. The summed E-state index contributed by atoms with van der Waals surface area (Å²) in [6.45, 7) is 4.81. The number of nitrogens with zero attached hydrogens (tertiary/aromatic N) is 1. The van der Waals surface area contributed by atoms with E-state index < -0.39 is 5.97 Å². The first kappa shape index (κ1) is 18.1. The average molecular weight is 347 g/mol. The van der Waals surface area contributed by atoms with Crippen molar-refractivity contribution in [3.63, 3.8) is 0 Å². The molecular formula is C18H21NO4S. The molecule has 6 heteroatoms. The standard InChI is InChI=1S/C18H21NO4S/c1-12(2)10-19(3)17(20)14-6-4-5-7-16(14)24-11-15-13(18(21)22)8-9-23-15/h4-9,12H,10-11H2,1-3H3,(H,21,22). The maximum atomic E-state index is 12.6. The van der Waals surface area contributed by atoms with Crippen LogP contribution >= 0.6 is 11.8 Å². The van der Waals surface area contributed by atoms with Crippen LogP contribution in [-0.2, 0) is 5.75 Å². The summed E-state index contributed by atoms with van der Waals surface area (Å²) in [7, 11) is 1.79. The van der Waals surface area contributed by atoms with Gasteiger partial charge in [0, 0.05) is 18.5 Å². The third kappa shape index (κ3) is 4.41. The Balaban J connectivity index is 2.15. The summed E-state index contributed by atoms with van der Waals surface area (Å²) >= 11 is 1.40. The molecule has 1 heterocycles. The molecule has 0 aliphatic carbocycles. The highest BCUT2D eigenvalue weighted by atomic mass is 32.2. The molecule has 0 unspecified atom stereocenters. The van der Waals surface area contributed by atoms with E-state index in [1.54, 1.807) is 18.0 Å². The zero-order chi connectivity index (χ0) is 17.7. The van der Waals surface area contributed by atoms with Crippen LogP contribution < -0.4 is 0 Å². The third-order valence-corrected chi connectivity index (χ3v) is 4.51. The van der Waals surface area contributed by atoms with Gasteiger partial charge in [-0.2, -0.15) is 0 Å². The fourth-order valence-electron chi connectivity index (χ4n) is 2.39. The van der Waals surface area contributed by atoms with Crippen molar-refractivity contribution in [2.24, 2.45) is 5.92 Å². The Morgan fingerprint density at radius 2 is 1.92 bits per heavy atom. The van der Waals surface area contributed by atoms with Gasteiger partial charge in [0.05, 0.1) is 17.6 Å². The number of carbonyl (C=O) groups excluding carboxylic acids is 1. The summed E-state index contributed by atoms with van der Waals surface area (Å²) < 4.78 is 5.25. The molecule has 0 saturated heterocycles. The number of furan rings is 1. The van der Waals surface area contributed by atoms with Crippen LogP contribution in [0.5, 0.6) is 0 Å². The minimum Gasteiger partial charge on any atom is -0.478 e. The first-order valence-corrected chi connectivity index (χ1v) is 8.65. The van der Waals surface area contributed by atoms with Crippen LogP contribution in [-0.4, -0.2) is 35.5 Å². The molecule has 2 aromatic rings. The molecule has 0 spiro atoms. The van der Waals surface area contributed by atoms with E-state index in [4.69, 9.17) is 9.52 Å². The fraction of sp³-hybridized carbons (Fsp3) is 0.333. The molecule has 128 valence electrons. The SMILES string of the molecule is CC(C)CN(C)C(=O)c1ccccc1SCc1occc1C(=O)O. The van der Waals surface area contributed by atoms with Crippen LogP contribution in [0, 0.1) is 5.92 Å². The van der Waals surface area contributed by atoms with Gasteiger partial charge < -0.3 is 14.4 Å². The van der Waals surface area contributed by atoms with E-state index in [0.29, 0.717) is 29.5 Å². The lowest BCUT2D eigenvalue weighted by atomic mass is 10.1. The van der Waals surface area contributed by atoms with E-state index in [0.717, 1.165) is 4.90 Å². The summed E-state index contributed by atoms with van der Waals surface area (Å²) in [5.74, 6) is 0.0858. The minimum absolute atomic E-state index is 0.0373. The number of rotatable bonds is 7. The Bertz CT molecular complexity index is 723. The van der Waals surface area contributed by atoms with E-state index in [9.17, 15) is 9.59 Å². The van der Waals surface area contributed by atoms with Gasteiger partial charge in [0.25, 0.3) is 5.91 Å². The summed E-state index contributed by atoms with van der Waals surface area (Å²) in [5, 5.41) is 9.12. The Kier molecular flexibility index (Phi) is 6.09. The van der Waals surface area contributed by atoms with Crippen molar-refractivity contribution in [3.8, 4) is 0 Å². The van der Waals surface area contributed by atoms with Gasteiger partial charge in [0.1, 0.15) is 11.3 Å².